The first-order valence-electron chi connectivity index (χ1n) is 9.97. The number of fused-ring (bicyclic) bond motifs is 1. The van der Waals surface area contributed by atoms with E-state index in [1.54, 1.807) is 0 Å². The van der Waals surface area contributed by atoms with Gasteiger partial charge in [0.2, 0.25) is 0 Å². The molecular weight excluding hydrogens is 451 g/mol. The Hall–Kier alpha value is -2.67. The minimum atomic E-state index is -2.95. The Morgan fingerprint density at radius 1 is 0.667 bits per heavy atom. The second-order valence-electron chi connectivity index (χ2n) is 7.45. The van der Waals surface area contributed by atoms with Crippen LogP contribution in [0.3, 0.4) is 0 Å². The van der Waals surface area contributed by atoms with Crippen LogP contribution in [0.25, 0.3) is 5.57 Å². The molecule has 1 heterocycles. The predicted molar refractivity (Wildman–Crippen MR) is 130 cm³/mol. The maximum Gasteiger partial charge on any atom is 0.168 e. The zero-order valence-electron chi connectivity index (χ0n) is 16.3. The molecule has 4 aromatic rings. The molecule has 1 atom stereocenters. The van der Waals surface area contributed by atoms with Crippen molar-refractivity contribution in [2.45, 2.75) is 6.42 Å². The lowest BCUT2D eigenvalue weighted by molar-refractivity contribution is 0.590. The molecule has 1 aliphatic rings. The van der Waals surface area contributed by atoms with Gasteiger partial charge in [-0.05, 0) is 34.4 Å². The Morgan fingerprint density at radius 2 is 1.27 bits per heavy atom. The first-order valence-corrected chi connectivity index (χ1v) is 12.5. The molecule has 0 fully saturated rings. The normalized spacial score (nSPS) is 17.8. The number of hydrogen-bond acceptors (Lipinski definition) is 1. The summed E-state index contributed by atoms with van der Waals surface area (Å²) in [5.41, 5.74) is 4.47. The molecule has 0 saturated heterocycles. The summed E-state index contributed by atoms with van der Waals surface area (Å²) >= 11 is 3.52. The summed E-state index contributed by atoms with van der Waals surface area (Å²) in [4.78, 5) is 0. The lowest BCUT2D eigenvalue weighted by atomic mass is 9.96. The third-order valence-electron chi connectivity index (χ3n) is 5.65. The topological polar surface area (TPSA) is 17.1 Å². The molecule has 0 radical (unpaired) electrons. The second-order valence-corrected chi connectivity index (χ2v) is 11.1. The van der Waals surface area contributed by atoms with Crippen molar-refractivity contribution in [2.24, 2.45) is 0 Å². The van der Waals surface area contributed by atoms with Crippen LogP contribution in [-0.4, -0.2) is 0 Å². The molecule has 4 aromatic carbocycles. The van der Waals surface area contributed by atoms with E-state index in [9.17, 15) is 4.57 Å². The van der Waals surface area contributed by atoms with Crippen molar-refractivity contribution >= 4 is 39.3 Å². The van der Waals surface area contributed by atoms with Crippen LogP contribution < -0.4 is 10.6 Å². The van der Waals surface area contributed by atoms with Gasteiger partial charge in [-0.2, -0.15) is 0 Å². The van der Waals surface area contributed by atoms with Gasteiger partial charge < -0.3 is 4.57 Å². The van der Waals surface area contributed by atoms with E-state index in [-0.39, 0.29) is 0 Å². The maximum absolute atomic E-state index is 15.0. The summed E-state index contributed by atoms with van der Waals surface area (Å²) in [6.07, 6.45) is 0.651. The molecular formula is C27H20BrOP. The van der Waals surface area contributed by atoms with E-state index in [0.717, 1.165) is 42.7 Å². The second kappa shape index (κ2) is 7.87. The summed E-state index contributed by atoms with van der Waals surface area (Å²) in [7, 11) is -2.95. The van der Waals surface area contributed by atoms with Gasteiger partial charge in [0, 0.05) is 26.8 Å². The van der Waals surface area contributed by atoms with Gasteiger partial charge in [-0.1, -0.05) is 113 Å². The predicted octanol–water partition coefficient (Wildman–Crippen LogP) is 6.78. The Balaban J connectivity index is 1.81. The van der Waals surface area contributed by atoms with E-state index in [4.69, 9.17) is 0 Å². The van der Waals surface area contributed by atoms with Crippen molar-refractivity contribution in [3.05, 3.63) is 136 Å². The van der Waals surface area contributed by atoms with Crippen LogP contribution >= 0.6 is 23.1 Å². The molecule has 146 valence electrons. The van der Waals surface area contributed by atoms with Crippen LogP contribution in [0.4, 0.5) is 0 Å². The van der Waals surface area contributed by atoms with Gasteiger partial charge in [0.25, 0.3) is 0 Å². The number of benzene rings is 4. The highest BCUT2D eigenvalue weighted by atomic mass is 79.9. The smallest absolute Gasteiger partial charge is 0.168 e. The summed E-state index contributed by atoms with van der Waals surface area (Å²) in [5.74, 6) is 0. The highest BCUT2D eigenvalue weighted by Crippen LogP contribution is 2.61. The fourth-order valence-electron chi connectivity index (χ4n) is 4.27. The van der Waals surface area contributed by atoms with Crippen molar-refractivity contribution in [3.8, 4) is 0 Å². The number of halogens is 1. The standard InChI is InChI=1S/C27H20BrOP/c28-22-17-15-20(16-18-22)19-26-27(21-9-3-1-4-10-21)24-13-7-8-14-25(24)30(26,29)23-11-5-2-6-12-23/h1-18H,19H2. The molecule has 0 saturated carbocycles. The van der Waals surface area contributed by atoms with E-state index < -0.39 is 7.14 Å². The summed E-state index contributed by atoms with van der Waals surface area (Å²) < 4.78 is 16.0. The van der Waals surface area contributed by atoms with Gasteiger partial charge in [0.15, 0.2) is 7.14 Å². The van der Waals surface area contributed by atoms with E-state index in [2.05, 4.69) is 46.3 Å². The van der Waals surface area contributed by atoms with E-state index >= 15 is 0 Å². The first-order chi connectivity index (χ1) is 14.7. The Kier molecular flexibility index (Phi) is 5.06. The van der Waals surface area contributed by atoms with Crippen molar-refractivity contribution in [1.82, 2.24) is 0 Å². The van der Waals surface area contributed by atoms with Gasteiger partial charge in [-0.3, -0.25) is 0 Å². The number of rotatable bonds is 4. The van der Waals surface area contributed by atoms with Crippen LogP contribution in [0, 0.1) is 0 Å². The fraction of sp³-hybridized carbons (Fsp3) is 0.0370. The highest BCUT2D eigenvalue weighted by Gasteiger charge is 2.42. The van der Waals surface area contributed by atoms with Crippen LogP contribution in [0.1, 0.15) is 16.7 Å². The minimum absolute atomic E-state index is 0.651. The molecule has 1 aliphatic heterocycles. The summed E-state index contributed by atoms with van der Waals surface area (Å²) in [6, 6.07) is 36.8. The fourth-order valence-corrected chi connectivity index (χ4v) is 7.80. The third-order valence-corrected chi connectivity index (χ3v) is 9.41. The van der Waals surface area contributed by atoms with Gasteiger partial charge in [-0.15, -0.1) is 0 Å². The number of hydrogen-bond donors (Lipinski definition) is 0. The maximum atomic E-state index is 15.0. The molecule has 0 aromatic heterocycles. The van der Waals surface area contributed by atoms with Crippen molar-refractivity contribution < 1.29 is 4.57 Å². The largest absolute Gasteiger partial charge is 0.309 e. The Labute approximate surface area is 185 Å². The van der Waals surface area contributed by atoms with E-state index in [1.165, 1.54) is 0 Å². The Morgan fingerprint density at radius 3 is 1.97 bits per heavy atom. The van der Waals surface area contributed by atoms with Gasteiger partial charge in [0.05, 0.1) is 0 Å². The molecule has 0 N–H and O–H groups in total. The zero-order chi connectivity index (χ0) is 20.6. The summed E-state index contributed by atoms with van der Waals surface area (Å²) in [5, 5.41) is 2.86. The van der Waals surface area contributed by atoms with Crippen molar-refractivity contribution in [1.29, 1.82) is 0 Å². The highest BCUT2D eigenvalue weighted by molar-refractivity contribution is 9.10. The number of allylic oxidation sites excluding steroid dienone is 1. The molecule has 30 heavy (non-hydrogen) atoms. The third kappa shape index (κ3) is 3.21. The molecule has 5 rings (SSSR count). The lowest BCUT2D eigenvalue weighted by Gasteiger charge is -2.19. The van der Waals surface area contributed by atoms with Gasteiger partial charge in [-0.25, -0.2) is 0 Å². The average molecular weight is 471 g/mol. The zero-order valence-corrected chi connectivity index (χ0v) is 18.8. The molecule has 0 amide bonds. The van der Waals surface area contributed by atoms with Crippen molar-refractivity contribution in [2.75, 3.05) is 0 Å². The molecule has 0 bridgehead atoms. The van der Waals surface area contributed by atoms with E-state index in [0.29, 0.717) is 6.42 Å². The molecule has 0 spiro atoms. The summed E-state index contributed by atoms with van der Waals surface area (Å²) in [6.45, 7) is 0. The van der Waals surface area contributed by atoms with Gasteiger partial charge >= 0.3 is 0 Å². The lowest BCUT2D eigenvalue weighted by Crippen LogP contribution is -2.16. The Bertz CT molecular complexity index is 1280. The van der Waals surface area contributed by atoms with E-state index in [1.807, 2.05) is 78.9 Å². The molecule has 3 heteroatoms. The molecule has 1 unspecified atom stereocenters. The van der Waals surface area contributed by atoms with Crippen LogP contribution in [-0.2, 0) is 11.0 Å². The SMILES string of the molecule is O=P1(c2ccccc2)C(Cc2ccc(Br)cc2)=C(c2ccccc2)c2ccccc21. The quantitative estimate of drug-likeness (QED) is 0.300. The van der Waals surface area contributed by atoms with Crippen LogP contribution in [0.5, 0.6) is 0 Å². The average Bonchev–Trinajstić information content (AvgIpc) is 3.06. The minimum Gasteiger partial charge on any atom is -0.309 e. The van der Waals surface area contributed by atoms with Crippen LogP contribution in [0.2, 0.25) is 0 Å². The molecule has 0 aliphatic carbocycles. The first kappa shape index (κ1) is 19.3. The van der Waals surface area contributed by atoms with Gasteiger partial charge in [0.1, 0.15) is 0 Å². The molecule has 1 nitrogen and oxygen atoms in total. The van der Waals surface area contributed by atoms with Crippen molar-refractivity contribution in [3.63, 3.8) is 0 Å². The monoisotopic (exact) mass is 470 g/mol. The van der Waals surface area contributed by atoms with Crippen LogP contribution in [0.15, 0.2) is 119 Å².